The van der Waals surface area contributed by atoms with Crippen molar-refractivity contribution in [3.8, 4) is 11.5 Å². The van der Waals surface area contributed by atoms with Crippen molar-refractivity contribution in [2.75, 3.05) is 38.1 Å². The summed E-state index contributed by atoms with van der Waals surface area (Å²) in [6, 6.07) is 18.2. The number of benzene rings is 2. The Morgan fingerprint density at radius 1 is 1.09 bits per heavy atom. The predicted octanol–water partition coefficient (Wildman–Crippen LogP) is 5.21. The van der Waals surface area contributed by atoms with E-state index >= 15 is 0 Å². The molecule has 2 aromatic carbocycles. The van der Waals surface area contributed by atoms with E-state index < -0.39 is 0 Å². The second-order valence-corrected chi connectivity index (χ2v) is 9.91. The SMILES string of the molecule is C=C(C)N(C)c1cnn(C(=O)N2CCC3(CC2)CN(Cc2cccc(Oc4ccccc4)c2)C3)c1. The van der Waals surface area contributed by atoms with Crippen LogP contribution in [0, 0.1) is 5.41 Å². The van der Waals surface area contributed by atoms with Crippen LogP contribution < -0.4 is 9.64 Å². The lowest BCUT2D eigenvalue weighted by atomic mass is 9.72. The highest BCUT2D eigenvalue weighted by Crippen LogP contribution is 2.41. The third-order valence-corrected chi connectivity index (χ3v) is 7.22. The van der Waals surface area contributed by atoms with Crippen molar-refractivity contribution in [3.05, 3.63) is 84.8 Å². The molecule has 1 amide bonds. The lowest BCUT2D eigenvalue weighted by molar-refractivity contribution is -0.0443. The van der Waals surface area contributed by atoms with Gasteiger partial charge in [0.25, 0.3) is 0 Å². The van der Waals surface area contributed by atoms with Gasteiger partial charge in [-0.05, 0) is 55.0 Å². The summed E-state index contributed by atoms with van der Waals surface area (Å²) in [6.07, 6.45) is 5.56. The minimum Gasteiger partial charge on any atom is -0.457 e. The molecule has 7 nitrogen and oxygen atoms in total. The maximum absolute atomic E-state index is 13.0. The third-order valence-electron chi connectivity index (χ3n) is 7.22. The highest BCUT2D eigenvalue weighted by atomic mass is 16.5. The van der Waals surface area contributed by atoms with E-state index in [2.05, 4.69) is 34.8 Å². The summed E-state index contributed by atoms with van der Waals surface area (Å²) in [7, 11) is 1.92. The second kappa shape index (κ2) is 9.58. The van der Waals surface area contributed by atoms with Crippen molar-refractivity contribution >= 4 is 11.7 Å². The summed E-state index contributed by atoms with van der Waals surface area (Å²) in [6.45, 7) is 10.5. The molecular formula is C28H33N5O2. The van der Waals surface area contributed by atoms with Crippen molar-refractivity contribution in [1.82, 2.24) is 19.6 Å². The zero-order valence-corrected chi connectivity index (χ0v) is 20.6. The summed E-state index contributed by atoms with van der Waals surface area (Å²) < 4.78 is 7.44. The molecule has 2 aliphatic heterocycles. The summed E-state index contributed by atoms with van der Waals surface area (Å²) in [5, 5.41) is 4.28. The van der Waals surface area contributed by atoms with Gasteiger partial charge in [-0.15, -0.1) is 0 Å². The van der Waals surface area contributed by atoms with E-state index in [-0.39, 0.29) is 6.03 Å². The van der Waals surface area contributed by atoms with Crippen LogP contribution in [0.4, 0.5) is 10.5 Å². The lowest BCUT2D eigenvalue weighted by Gasteiger charge is -2.54. The van der Waals surface area contributed by atoms with Crippen molar-refractivity contribution in [3.63, 3.8) is 0 Å². The van der Waals surface area contributed by atoms with E-state index in [1.165, 1.54) is 10.2 Å². The van der Waals surface area contributed by atoms with Crippen molar-refractivity contribution < 1.29 is 9.53 Å². The van der Waals surface area contributed by atoms with Crippen LogP contribution in [0.25, 0.3) is 0 Å². The maximum Gasteiger partial charge on any atom is 0.344 e. The molecule has 182 valence electrons. The van der Waals surface area contributed by atoms with Gasteiger partial charge in [0.2, 0.25) is 0 Å². The van der Waals surface area contributed by atoms with Gasteiger partial charge in [-0.3, -0.25) is 4.90 Å². The normalized spacial score (nSPS) is 17.1. The van der Waals surface area contributed by atoms with Crippen molar-refractivity contribution in [1.29, 1.82) is 0 Å². The number of rotatable bonds is 6. The number of likely N-dealkylation sites (tertiary alicyclic amines) is 2. The van der Waals surface area contributed by atoms with E-state index in [1.807, 2.05) is 60.2 Å². The molecule has 7 heteroatoms. The summed E-state index contributed by atoms with van der Waals surface area (Å²) >= 11 is 0. The number of anilines is 1. The zero-order chi connectivity index (χ0) is 24.4. The number of amides is 1. The Balaban J connectivity index is 1.11. The van der Waals surface area contributed by atoms with Crippen molar-refractivity contribution in [2.45, 2.75) is 26.3 Å². The van der Waals surface area contributed by atoms with Crippen LogP contribution in [0.2, 0.25) is 0 Å². The molecule has 2 aliphatic rings. The van der Waals surface area contributed by atoms with Crippen LogP contribution in [-0.4, -0.2) is 58.8 Å². The maximum atomic E-state index is 13.0. The van der Waals surface area contributed by atoms with Gasteiger partial charge in [0, 0.05) is 45.5 Å². The molecule has 0 atom stereocenters. The Bertz CT molecular complexity index is 1190. The standard InChI is InChI=1S/C28H33N5O2/c1-22(2)30(3)24-17-29-33(19-24)27(34)32-14-12-28(13-15-32)20-31(21-28)18-23-8-7-11-26(16-23)35-25-9-5-4-6-10-25/h4-11,16-17,19H,1,12-15,18,20-21H2,2-3H3. The summed E-state index contributed by atoms with van der Waals surface area (Å²) in [5.74, 6) is 1.72. The van der Waals surface area contributed by atoms with Crippen molar-refractivity contribution in [2.24, 2.45) is 5.41 Å². The number of hydrogen-bond acceptors (Lipinski definition) is 5. The van der Waals surface area contributed by atoms with Gasteiger partial charge in [-0.2, -0.15) is 9.78 Å². The molecule has 35 heavy (non-hydrogen) atoms. The molecule has 0 N–H and O–H groups in total. The van der Waals surface area contributed by atoms with Gasteiger partial charge in [-0.25, -0.2) is 4.79 Å². The van der Waals surface area contributed by atoms with Gasteiger partial charge < -0.3 is 14.5 Å². The Labute approximate surface area is 207 Å². The molecule has 1 spiro atoms. The Hall–Kier alpha value is -3.58. The van der Waals surface area contributed by atoms with E-state index in [1.54, 1.807) is 12.4 Å². The fourth-order valence-corrected chi connectivity index (χ4v) is 5.05. The van der Waals surface area contributed by atoms with E-state index in [0.717, 1.165) is 68.4 Å². The molecule has 0 aliphatic carbocycles. The second-order valence-electron chi connectivity index (χ2n) is 9.91. The average molecular weight is 472 g/mol. The number of piperidine rings is 1. The van der Waals surface area contributed by atoms with E-state index in [9.17, 15) is 4.79 Å². The summed E-state index contributed by atoms with van der Waals surface area (Å²) in [5.41, 5.74) is 3.36. The first kappa shape index (κ1) is 23.2. The lowest BCUT2D eigenvalue weighted by Crippen LogP contribution is -2.60. The molecule has 5 rings (SSSR count). The van der Waals surface area contributed by atoms with Crippen LogP contribution in [-0.2, 0) is 6.54 Å². The number of allylic oxidation sites excluding steroid dienone is 1. The monoisotopic (exact) mass is 471 g/mol. The molecule has 0 bridgehead atoms. The number of para-hydroxylation sites is 1. The predicted molar refractivity (Wildman–Crippen MR) is 138 cm³/mol. The number of aromatic nitrogens is 2. The number of carbonyl (C=O) groups excluding carboxylic acids is 1. The Morgan fingerprint density at radius 2 is 1.80 bits per heavy atom. The average Bonchev–Trinajstić information content (AvgIpc) is 3.34. The fraction of sp³-hybridized carbons (Fsp3) is 0.357. The third kappa shape index (κ3) is 5.10. The fourth-order valence-electron chi connectivity index (χ4n) is 5.05. The summed E-state index contributed by atoms with van der Waals surface area (Å²) in [4.78, 5) is 19.3. The molecule has 0 unspecified atom stereocenters. The molecular weight excluding hydrogens is 438 g/mol. The van der Waals surface area contributed by atoms with Crippen LogP contribution in [0.5, 0.6) is 11.5 Å². The van der Waals surface area contributed by atoms with Crippen LogP contribution in [0.15, 0.2) is 79.3 Å². The molecule has 0 saturated carbocycles. The molecule has 0 radical (unpaired) electrons. The van der Waals surface area contributed by atoms with Gasteiger partial charge in [-0.1, -0.05) is 36.9 Å². The Morgan fingerprint density at radius 3 is 2.51 bits per heavy atom. The van der Waals surface area contributed by atoms with Crippen LogP contribution in [0.3, 0.4) is 0 Å². The number of nitrogens with zero attached hydrogens (tertiary/aromatic N) is 5. The molecule has 3 aromatic rings. The first-order chi connectivity index (χ1) is 16.9. The van der Waals surface area contributed by atoms with Gasteiger partial charge in [0.15, 0.2) is 0 Å². The first-order valence-electron chi connectivity index (χ1n) is 12.2. The smallest absolute Gasteiger partial charge is 0.344 e. The molecule has 1 aromatic heterocycles. The number of carbonyl (C=O) groups is 1. The van der Waals surface area contributed by atoms with E-state index in [0.29, 0.717) is 5.41 Å². The number of ether oxygens (including phenoxy) is 1. The first-order valence-corrected chi connectivity index (χ1v) is 12.2. The minimum absolute atomic E-state index is 0.0485. The van der Waals surface area contributed by atoms with E-state index in [4.69, 9.17) is 4.74 Å². The zero-order valence-electron chi connectivity index (χ0n) is 20.6. The van der Waals surface area contributed by atoms with Crippen LogP contribution in [0.1, 0.15) is 25.3 Å². The minimum atomic E-state index is -0.0485. The van der Waals surface area contributed by atoms with Crippen LogP contribution >= 0.6 is 0 Å². The quantitative estimate of drug-likeness (QED) is 0.494. The van der Waals surface area contributed by atoms with Gasteiger partial charge in [0.05, 0.1) is 18.1 Å². The molecule has 2 saturated heterocycles. The molecule has 2 fully saturated rings. The van der Waals surface area contributed by atoms with Gasteiger partial charge in [0.1, 0.15) is 11.5 Å². The highest BCUT2D eigenvalue weighted by molar-refractivity contribution is 5.77. The topological polar surface area (TPSA) is 53.8 Å². The van der Waals surface area contributed by atoms with Gasteiger partial charge >= 0.3 is 6.03 Å². The Kier molecular flexibility index (Phi) is 6.34. The largest absolute Gasteiger partial charge is 0.457 e. The highest BCUT2D eigenvalue weighted by Gasteiger charge is 2.45. The molecule has 3 heterocycles. The number of hydrogen-bond donors (Lipinski definition) is 0.